The molecule has 1 amide bonds. The van der Waals surface area contributed by atoms with E-state index < -0.39 is 11.9 Å². The molecule has 0 radical (unpaired) electrons. The SMILES string of the molecule is COc1cc(Br)c(C(=O)Nc2scc(-c3ccc(Br)cc3)c2C(=O)O)c(Br)c1Br. The minimum absolute atomic E-state index is 0.0468. The number of carbonyl (C=O) groups is 2. The van der Waals surface area contributed by atoms with Crippen LogP contribution in [0.15, 0.2) is 53.6 Å². The molecule has 29 heavy (non-hydrogen) atoms. The normalized spacial score (nSPS) is 10.7. The Hall–Kier alpha value is -1.20. The van der Waals surface area contributed by atoms with Crippen LogP contribution in [0, 0.1) is 0 Å². The van der Waals surface area contributed by atoms with Crippen LogP contribution in [-0.2, 0) is 0 Å². The molecule has 0 atom stereocenters. The van der Waals surface area contributed by atoms with Crippen molar-refractivity contribution in [3.8, 4) is 16.9 Å². The molecule has 150 valence electrons. The maximum Gasteiger partial charge on any atom is 0.339 e. The summed E-state index contributed by atoms with van der Waals surface area (Å²) in [7, 11) is 1.52. The van der Waals surface area contributed by atoms with Gasteiger partial charge in [0.15, 0.2) is 0 Å². The van der Waals surface area contributed by atoms with Gasteiger partial charge in [-0.2, -0.15) is 0 Å². The van der Waals surface area contributed by atoms with Gasteiger partial charge in [0.2, 0.25) is 0 Å². The van der Waals surface area contributed by atoms with E-state index in [4.69, 9.17) is 4.74 Å². The molecule has 0 saturated heterocycles. The molecule has 10 heteroatoms. The first-order valence-electron chi connectivity index (χ1n) is 7.88. The average Bonchev–Trinajstić information content (AvgIpc) is 3.09. The third kappa shape index (κ3) is 4.61. The Morgan fingerprint density at radius 3 is 2.28 bits per heavy atom. The summed E-state index contributed by atoms with van der Waals surface area (Å²) in [6.07, 6.45) is 0. The zero-order chi connectivity index (χ0) is 21.3. The molecule has 0 aliphatic carbocycles. The predicted molar refractivity (Wildman–Crippen MR) is 128 cm³/mol. The number of nitrogens with one attached hydrogen (secondary N) is 1. The second kappa shape index (κ2) is 9.30. The molecule has 3 aromatic rings. The van der Waals surface area contributed by atoms with Gasteiger partial charge in [-0.05, 0) is 71.6 Å². The molecule has 0 aliphatic rings. The van der Waals surface area contributed by atoms with Gasteiger partial charge in [-0.25, -0.2) is 4.79 Å². The predicted octanol–water partition coefficient (Wildman–Crippen LogP) is 7.42. The molecule has 3 rings (SSSR count). The van der Waals surface area contributed by atoms with E-state index in [9.17, 15) is 14.7 Å². The van der Waals surface area contributed by atoms with E-state index >= 15 is 0 Å². The number of methoxy groups -OCH3 is 1. The fourth-order valence-corrected chi connectivity index (χ4v) is 5.74. The molecular formula is C19H11Br4NO4S. The number of hydrogen-bond acceptors (Lipinski definition) is 4. The highest BCUT2D eigenvalue weighted by Gasteiger charge is 2.25. The van der Waals surface area contributed by atoms with E-state index in [0.717, 1.165) is 21.4 Å². The number of aromatic carboxylic acids is 1. The Morgan fingerprint density at radius 1 is 1.03 bits per heavy atom. The van der Waals surface area contributed by atoms with Crippen molar-refractivity contribution >= 4 is 91.9 Å². The van der Waals surface area contributed by atoms with Crippen molar-refractivity contribution in [2.45, 2.75) is 0 Å². The lowest BCUT2D eigenvalue weighted by atomic mass is 10.0. The van der Waals surface area contributed by atoms with Crippen LogP contribution in [0.5, 0.6) is 5.75 Å². The zero-order valence-electron chi connectivity index (χ0n) is 14.6. The van der Waals surface area contributed by atoms with Crippen LogP contribution in [0.2, 0.25) is 0 Å². The van der Waals surface area contributed by atoms with Crippen LogP contribution in [0.3, 0.4) is 0 Å². The van der Waals surface area contributed by atoms with E-state index in [1.165, 1.54) is 7.11 Å². The first-order chi connectivity index (χ1) is 13.7. The van der Waals surface area contributed by atoms with Gasteiger partial charge >= 0.3 is 5.97 Å². The summed E-state index contributed by atoms with van der Waals surface area (Å²) >= 11 is 14.7. The number of ether oxygens (including phenoxy) is 1. The number of carboxylic acids is 1. The molecule has 0 aliphatic heterocycles. The fourth-order valence-electron chi connectivity index (χ4n) is 2.60. The van der Waals surface area contributed by atoms with Gasteiger partial charge in [-0.1, -0.05) is 28.1 Å². The monoisotopic (exact) mass is 665 g/mol. The molecule has 1 aromatic heterocycles. The van der Waals surface area contributed by atoms with Crippen molar-refractivity contribution < 1.29 is 19.4 Å². The summed E-state index contributed by atoms with van der Waals surface area (Å²) in [5, 5.41) is 14.5. The minimum Gasteiger partial charge on any atom is -0.495 e. The number of anilines is 1. The molecule has 1 heterocycles. The van der Waals surface area contributed by atoms with Crippen molar-refractivity contribution in [1.82, 2.24) is 0 Å². The highest BCUT2D eigenvalue weighted by molar-refractivity contribution is 9.13. The van der Waals surface area contributed by atoms with Crippen LogP contribution in [0.25, 0.3) is 11.1 Å². The zero-order valence-corrected chi connectivity index (χ0v) is 21.7. The smallest absolute Gasteiger partial charge is 0.339 e. The Balaban J connectivity index is 2.01. The molecular weight excluding hydrogens is 658 g/mol. The lowest BCUT2D eigenvalue weighted by molar-refractivity contribution is 0.0699. The number of amides is 1. The van der Waals surface area contributed by atoms with Crippen LogP contribution >= 0.6 is 75.1 Å². The lowest BCUT2D eigenvalue weighted by Crippen LogP contribution is -2.15. The van der Waals surface area contributed by atoms with Crippen LogP contribution in [0.4, 0.5) is 5.00 Å². The molecule has 0 bridgehead atoms. The van der Waals surface area contributed by atoms with Gasteiger partial charge in [0.05, 0.1) is 17.1 Å². The van der Waals surface area contributed by atoms with Gasteiger partial charge in [-0.3, -0.25) is 4.79 Å². The number of benzene rings is 2. The topological polar surface area (TPSA) is 75.6 Å². The van der Waals surface area contributed by atoms with Crippen LogP contribution < -0.4 is 10.1 Å². The van der Waals surface area contributed by atoms with Crippen molar-refractivity contribution in [1.29, 1.82) is 0 Å². The molecule has 0 fully saturated rings. The van der Waals surface area contributed by atoms with Gasteiger partial charge in [0.1, 0.15) is 16.3 Å². The Morgan fingerprint density at radius 2 is 1.69 bits per heavy atom. The molecule has 0 unspecified atom stereocenters. The Kier molecular flexibility index (Phi) is 7.21. The van der Waals surface area contributed by atoms with Gasteiger partial charge in [0, 0.05) is 24.4 Å². The van der Waals surface area contributed by atoms with Gasteiger partial charge in [-0.15, -0.1) is 11.3 Å². The third-order valence-corrected chi connectivity index (χ3v) is 8.12. The maximum absolute atomic E-state index is 12.9. The summed E-state index contributed by atoms with van der Waals surface area (Å²) in [5.74, 6) is -1.03. The lowest BCUT2D eigenvalue weighted by Gasteiger charge is -2.13. The second-order valence-corrected chi connectivity index (χ2v) is 9.92. The van der Waals surface area contributed by atoms with Crippen LogP contribution in [-0.4, -0.2) is 24.1 Å². The largest absolute Gasteiger partial charge is 0.495 e. The Labute approximate surface area is 204 Å². The number of rotatable bonds is 5. The first kappa shape index (κ1) is 22.5. The summed E-state index contributed by atoms with van der Waals surface area (Å²) in [4.78, 5) is 24.9. The number of hydrogen-bond donors (Lipinski definition) is 2. The fraction of sp³-hybridized carbons (Fsp3) is 0.0526. The highest BCUT2D eigenvalue weighted by atomic mass is 79.9. The van der Waals surface area contributed by atoms with E-state index in [1.54, 1.807) is 11.4 Å². The number of carboxylic acid groups (broad SMARTS) is 1. The molecule has 2 aromatic carbocycles. The van der Waals surface area contributed by atoms with Gasteiger partial charge in [0.25, 0.3) is 5.91 Å². The maximum atomic E-state index is 12.9. The molecule has 0 spiro atoms. The number of halogens is 4. The van der Waals surface area contributed by atoms with E-state index in [2.05, 4.69) is 69.0 Å². The number of thiophene rings is 1. The third-order valence-electron chi connectivity index (χ3n) is 3.96. The van der Waals surface area contributed by atoms with E-state index in [0.29, 0.717) is 30.3 Å². The standard InChI is InChI=1S/C19H11Br4NO4S/c1-28-12-6-11(21)14(16(23)15(12)22)17(25)24-18-13(19(26)27)10(7-29-18)8-2-4-9(20)5-3-8/h2-7H,1H3,(H,24,25)(H,26,27). The van der Waals surface area contributed by atoms with Crippen molar-refractivity contribution in [2.24, 2.45) is 0 Å². The highest BCUT2D eigenvalue weighted by Crippen LogP contribution is 2.41. The van der Waals surface area contributed by atoms with Crippen molar-refractivity contribution in [3.63, 3.8) is 0 Å². The molecule has 0 saturated carbocycles. The van der Waals surface area contributed by atoms with Crippen molar-refractivity contribution in [2.75, 3.05) is 12.4 Å². The summed E-state index contributed by atoms with van der Waals surface area (Å²) in [6.45, 7) is 0. The van der Waals surface area contributed by atoms with Crippen LogP contribution in [0.1, 0.15) is 20.7 Å². The molecule has 5 nitrogen and oxygen atoms in total. The minimum atomic E-state index is -1.12. The number of carbonyl (C=O) groups excluding carboxylic acids is 1. The van der Waals surface area contributed by atoms with Crippen molar-refractivity contribution in [3.05, 3.63) is 64.7 Å². The van der Waals surface area contributed by atoms with E-state index in [-0.39, 0.29) is 10.6 Å². The summed E-state index contributed by atoms with van der Waals surface area (Å²) in [5.41, 5.74) is 1.65. The Bertz CT molecular complexity index is 1110. The van der Waals surface area contributed by atoms with Gasteiger partial charge < -0.3 is 15.2 Å². The second-order valence-electron chi connectivity index (χ2n) is 5.68. The summed E-state index contributed by atoms with van der Waals surface area (Å²) in [6, 6.07) is 8.96. The first-order valence-corrected chi connectivity index (χ1v) is 11.9. The average molecular weight is 669 g/mol. The quantitative estimate of drug-likeness (QED) is 0.278. The summed E-state index contributed by atoms with van der Waals surface area (Å²) < 4.78 is 7.71. The van der Waals surface area contributed by atoms with E-state index in [1.807, 2.05) is 24.3 Å². The molecule has 2 N–H and O–H groups in total.